The Morgan fingerprint density at radius 3 is 2.64 bits per heavy atom. The van der Waals surface area contributed by atoms with E-state index >= 15 is 0 Å². The molecule has 1 unspecified atom stereocenters. The van der Waals surface area contributed by atoms with Gasteiger partial charge in [-0.3, -0.25) is 4.79 Å². The first kappa shape index (κ1) is 15.4. The number of aryl methyl sites for hydroxylation is 1. The number of hydrogen-bond acceptors (Lipinski definition) is 2. The number of ether oxygens (including phenoxy) is 1. The summed E-state index contributed by atoms with van der Waals surface area (Å²) in [5, 5.41) is 0. The van der Waals surface area contributed by atoms with Crippen molar-refractivity contribution in [1.29, 1.82) is 0 Å². The van der Waals surface area contributed by atoms with Crippen LogP contribution in [0.25, 0.3) is 0 Å². The molecule has 3 heteroatoms. The third-order valence-electron chi connectivity index (χ3n) is 5.12. The molecule has 0 bridgehead atoms. The molecule has 1 saturated heterocycles. The average Bonchev–Trinajstić information content (AvgIpc) is 3.20. The van der Waals surface area contributed by atoms with Crippen molar-refractivity contribution < 1.29 is 9.53 Å². The summed E-state index contributed by atoms with van der Waals surface area (Å²) < 4.78 is 5.81. The summed E-state index contributed by atoms with van der Waals surface area (Å²) in [5.74, 6) is 2.29. The summed E-state index contributed by atoms with van der Waals surface area (Å²) in [7, 11) is 0. The molecule has 3 rings (SSSR count). The molecule has 1 aromatic rings. The highest BCUT2D eigenvalue weighted by Crippen LogP contribution is 2.29. The van der Waals surface area contributed by atoms with Gasteiger partial charge < -0.3 is 9.64 Å². The second-order valence-corrected chi connectivity index (χ2v) is 6.87. The zero-order chi connectivity index (χ0) is 15.4. The monoisotopic (exact) mass is 301 g/mol. The fourth-order valence-electron chi connectivity index (χ4n) is 3.68. The van der Waals surface area contributed by atoms with Crippen molar-refractivity contribution in [2.45, 2.75) is 45.4 Å². The molecular formula is C19H27NO2. The standard InChI is InChI=1S/C19H27NO2/c1-15-6-8-18(9-7-15)22-13-11-16-10-12-20(14-16)19(21)17-4-2-3-5-17/h6-9,16-17H,2-5,10-14H2,1H3. The lowest BCUT2D eigenvalue weighted by atomic mass is 10.1. The van der Waals surface area contributed by atoms with Crippen LogP contribution < -0.4 is 4.74 Å². The minimum absolute atomic E-state index is 0.322. The van der Waals surface area contributed by atoms with Crippen molar-refractivity contribution in [2.75, 3.05) is 19.7 Å². The lowest BCUT2D eigenvalue weighted by Gasteiger charge is -2.20. The van der Waals surface area contributed by atoms with Gasteiger partial charge in [0.1, 0.15) is 5.75 Å². The van der Waals surface area contributed by atoms with Gasteiger partial charge in [0.05, 0.1) is 6.61 Å². The molecule has 1 amide bonds. The largest absolute Gasteiger partial charge is 0.494 e. The topological polar surface area (TPSA) is 29.5 Å². The van der Waals surface area contributed by atoms with Gasteiger partial charge in [0.25, 0.3) is 0 Å². The summed E-state index contributed by atoms with van der Waals surface area (Å²) in [6.45, 7) is 4.72. The van der Waals surface area contributed by atoms with E-state index in [-0.39, 0.29) is 0 Å². The van der Waals surface area contributed by atoms with Crippen LogP contribution in [-0.2, 0) is 4.79 Å². The van der Waals surface area contributed by atoms with Gasteiger partial charge in [0.2, 0.25) is 5.91 Å². The first-order valence-electron chi connectivity index (χ1n) is 8.70. The number of benzene rings is 1. The molecule has 0 radical (unpaired) electrons. The van der Waals surface area contributed by atoms with Crippen molar-refractivity contribution in [3.63, 3.8) is 0 Å². The molecule has 2 aliphatic rings. The highest BCUT2D eigenvalue weighted by atomic mass is 16.5. The summed E-state index contributed by atoms with van der Waals surface area (Å²) >= 11 is 0. The van der Waals surface area contributed by atoms with E-state index in [2.05, 4.69) is 24.0 Å². The number of carbonyl (C=O) groups is 1. The number of likely N-dealkylation sites (tertiary alicyclic amines) is 1. The van der Waals surface area contributed by atoms with Crippen molar-refractivity contribution in [3.05, 3.63) is 29.8 Å². The van der Waals surface area contributed by atoms with E-state index in [9.17, 15) is 4.79 Å². The van der Waals surface area contributed by atoms with Crippen LogP contribution in [0.3, 0.4) is 0 Å². The van der Waals surface area contributed by atoms with Gasteiger partial charge in [0.15, 0.2) is 0 Å². The smallest absolute Gasteiger partial charge is 0.225 e. The van der Waals surface area contributed by atoms with Gasteiger partial charge in [0, 0.05) is 19.0 Å². The SMILES string of the molecule is Cc1ccc(OCCC2CCN(C(=O)C3CCCC3)C2)cc1. The maximum atomic E-state index is 12.4. The van der Waals surface area contributed by atoms with Crippen molar-refractivity contribution in [2.24, 2.45) is 11.8 Å². The molecule has 1 aliphatic carbocycles. The minimum Gasteiger partial charge on any atom is -0.494 e. The number of amides is 1. The van der Waals surface area contributed by atoms with Gasteiger partial charge in [-0.05, 0) is 50.7 Å². The van der Waals surface area contributed by atoms with E-state index in [1.165, 1.54) is 18.4 Å². The van der Waals surface area contributed by atoms with Crippen LogP contribution in [0.1, 0.15) is 44.1 Å². The molecule has 1 aromatic carbocycles. The number of carbonyl (C=O) groups excluding carboxylic acids is 1. The van der Waals surface area contributed by atoms with Gasteiger partial charge >= 0.3 is 0 Å². The second kappa shape index (κ2) is 7.17. The molecule has 22 heavy (non-hydrogen) atoms. The molecule has 1 atom stereocenters. The van der Waals surface area contributed by atoms with Crippen LogP contribution in [0.2, 0.25) is 0 Å². The Balaban J connectivity index is 1.39. The third-order valence-corrected chi connectivity index (χ3v) is 5.12. The summed E-state index contributed by atoms with van der Waals surface area (Å²) in [6, 6.07) is 8.21. The van der Waals surface area contributed by atoms with Gasteiger partial charge in [-0.1, -0.05) is 30.5 Å². The van der Waals surface area contributed by atoms with E-state index in [4.69, 9.17) is 4.74 Å². The van der Waals surface area contributed by atoms with E-state index in [0.29, 0.717) is 17.7 Å². The van der Waals surface area contributed by atoms with Gasteiger partial charge in [-0.15, -0.1) is 0 Å². The number of nitrogens with zero attached hydrogens (tertiary/aromatic N) is 1. The Kier molecular flexibility index (Phi) is 5.01. The van der Waals surface area contributed by atoms with Crippen molar-refractivity contribution >= 4 is 5.91 Å². The fraction of sp³-hybridized carbons (Fsp3) is 0.632. The van der Waals surface area contributed by atoms with E-state index < -0.39 is 0 Å². The zero-order valence-corrected chi connectivity index (χ0v) is 13.6. The Morgan fingerprint density at radius 1 is 1.18 bits per heavy atom. The molecule has 0 N–H and O–H groups in total. The molecule has 1 aliphatic heterocycles. The van der Waals surface area contributed by atoms with Crippen LogP contribution in [0.4, 0.5) is 0 Å². The minimum atomic E-state index is 0.322. The Hall–Kier alpha value is -1.51. The van der Waals surface area contributed by atoms with Crippen LogP contribution in [0.5, 0.6) is 5.75 Å². The first-order chi connectivity index (χ1) is 10.7. The molecule has 1 saturated carbocycles. The average molecular weight is 301 g/mol. The van der Waals surface area contributed by atoms with Crippen molar-refractivity contribution in [3.8, 4) is 5.75 Å². The number of rotatable bonds is 5. The maximum absolute atomic E-state index is 12.4. The predicted molar refractivity (Wildman–Crippen MR) is 87.9 cm³/mol. The zero-order valence-electron chi connectivity index (χ0n) is 13.6. The summed E-state index contributed by atoms with van der Waals surface area (Å²) in [4.78, 5) is 14.5. The van der Waals surface area contributed by atoms with Crippen LogP contribution in [0, 0.1) is 18.8 Å². The van der Waals surface area contributed by atoms with Crippen LogP contribution in [-0.4, -0.2) is 30.5 Å². The molecule has 120 valence electrons. The predicted octanol–water partition coefficient (Wildman–Crippen LogP) is 3.80. The van der Waals surface area contributed by atoms with Crippen LogP contribution in [0.15, 0.2) is 24.3 Å². The maximum Gasteiger partial charge on any atom is 0.225 e. The van der Waals surface area contributed by atoms with E-state index in [1.807, 2.05) is 12.1 Å². The molecule has 2 fully saturated rings. The van der Waals surface area contributed by atoms with Gasteiger partial charge in [-0.25, -0.2) is 0 Å². The lowest BCUT2D eigenvalue weighted by molar-refractivity contribution is -0.134. The first-order valence-corrected chi connectivity index (χ1v) is 8.70. The van der Waals surface area contributed by atoms with Crippen molar-refractivity contribution in [1.82, 2.24) is 4.90 Å². The fourth-order valence-corrected chi connectivity index (χ4v) is 3.68. The second-order valence-electron chi connectivity index (χ2n) is 6.87. The van der Waals surface area contributed by atoms with E-state index in [1.54, 1.807) is 0 Å². The highest BCUT2D eigenvalue weighted by molar-refractivity contribution is 5.79. The number of hydrogen-bond donors (Lipinski definition) is 0. The molecule has 0 spiro atoms. The summed E-state index contributed by atoms with van der Waals surface area (Å²) in [5.41, 5.74) is 1.25. The Morgan fingerprint density at radius 2 is 1.91 bits per heavy atom. The lowest BCUT2D eigenvalue weighted by Crippen LogP contribution is -2.33. The Bertz CT molecular complexity index is 491. The van der Waals surface area contributed by atoms with Gasteiger partial charge in [-0.2, -0.15) is 0 Å². The van der Waals surface area contributed by atoms with Crippen LogP contribution >= 0.6 is 0 Å². The molecule has 3 nitrogen and oxygen atoms in total. The third kappa shape index (κ3) is 3.82. The highest BCUT2D eigenvalue weighted by Gasteiger charge is 2.31. The van der Waals surface area contributed by atoms with E-state index in [0.717, 1.165) is 51.1 Å². The molecule has 0 aromatic heterocycles. The molecular weight excluding hydrogens is 274 g/mol. The molecule has 1 heterocycles. The Labute approximate surface area is 133 Å². The quantitative estimate of drug-likeness (QED) is 0.828. The summed E-state index contributed by atoms with van der Waals surface area (Å²) in [6.07, 6.45) is 6.86. The normalized spacial score (nSPS) is 22.2.